The maximum Gasteiger partial charge on any atom is 0.222 e. The van der Waals surface area contributed by atoms with E-state index in [1.807, 2.05) is 49.7 Å². The van der Waals surface area contributed by atoms with Gasteiger partial charge in [-0.05, 0) is 36.4 Å². The van der Waals surface area contributed by atoms with E-state index in [2.05, 4.69) is 6.07 Å². The zero-order valence-corrected chi connectivity index (χ0v) is 13.4. The number of ether oxygens (including phenoxy) is 1. The molecule has 2 aromatic rings. The fraction of sp³-hybridized carbons (Fsp3) is 0.353. The van der Waals surface area contributed by atoms with E-state index in [0.717, 1.165) is 11.3 Å². The summed E-state index contributed by atoms with van der Waals surface area (Å²) in [6.07, 6.45) is 1.22. The maximum atomic E-state index is 12.2. The third-order valence-electron chi connectivity index (χ3n) is 3.28. The summed E-state index contributed by atoms with van der Waals surface area (Å²) in [7, 11) is 1.86. The summed E-state index contributed by atoms with van der Waals surface area (Å²) >= 11 is 1.68. The van der Waals surface area contributed by atoms with Crippen molar-refractivity contribution < 1.29 is 9.53 Å². The SMILES string of the molecule is CCOc1ccccc1CCC(=O)N(C)Cc1cccs1. The molecule has 112 valence electrons. The van der Waals surface area contributed by atoms with E-state index in [1.165, 1.54) is 4.88 Å². The molecule has 0 saturated heterocycles. The zero-order valence-electron chi connectivity index (χ0n) is 12.5. The molecule has 1 aromatic carbocycles. The Labute approximate surface area is 130 Å². The van der Waals surface area contributed by atoms with Gasteiger partial charge in [0.25, 0.3) is 0 Å². The summed E-state index contributed by atoms with van der Waals surface area (Å²) in [5, 5.41) is 2.03. The lowest BCUT2D eigenvalue weighted by atomic mass is 10.1. The van der Waals surface area contributed by atoms with Gasteiger partial charge in [-0.25, -0.2) is 0 Å². The molecule has 21 heavy (non-hydrogen) atoms. The van der Waals surface area contributed by atoms with Gasteiger partial charge in [-0.2, -0.15) is 0 Å². The van der Waals surface area contributed by atoms with Gasteiger partial charge >= 0.3 is 0 Å². The number of aryl methyl sites for hydroxylation is 1. The molecule has 1 heterocycles. The first-order valence-electron chi connectivity index (χ1n) is 7.17. The minimum Gasteiger partial charge on any atom is -0.494 e. The molecule has 0 spiro atoms. The normalized spacial score (nSPS) is 10.4. The van der Waals surface area contributed by atoms with Crippen LogP contribution in [0.2, 0.25) is 0 Å². The summed E-state index contributed by atoms with van der Waals surface area (Å²) in [6.45, 7) is 3.30. The van der Waals surface area contributed by atoms with Gasteiger partial charge in [-0.1, -0.05) is 24.3 Å². The van der Waals surface area contributed by atoms with Crippen molar-refractivity contribution in [2.75, 3.05) is 13.7 Å². The van der Waals surface area contributed by atoms with Crippen LogP contribution in [0.15, 0.2) is 41.8 Å². The molecule has 0 aliphatic rings. The first kappa shape index (κ1) is 15.6. The first-order valence-corrected chi connectivity index (χ1v) is 8.05. The molecule has 0 unspecified atom stereocenters. The van der Waals surface area contributed by atoms with Gasteiger partial charge in [0, 0.05) is 18.3 Å². The molecule has 2 rings (SSSR count). The molecule has 1 aromatic heterocycles. The van der Waals surface area contributed by atoms with E-state index in [1.54, 1.807) is 16.2 Å². The maximum absolute atomic E-state index is 12.2. The molecule has 0 N–H and O–H groups in total. The average Bonchev–Trinajstić information content (AvgIpc) is 2.99. The molecule has 0 fully saturated rings. The molecule has 0 saturated carbocycles. The molecule has 1 amide bonds. The Morgan fingerprint density at radius 1 is 1.24 bits per heavy atom. The quantitative estimate of drug-likeness (QED) is 0.780. The standard InChI is InChI=1S/C17H21NO2S/c1-3-20-16-9-5-4-7-14(16)10-11-17(19)18(2)13-15-8-6-12-21-15/h4-9,12H,3,10-11,13H2,1-2H3. The lowest BCUT2D eigenvalue weighted by Crippen LogP contribution is -2.26. The van der Waals surface area contributed by atoms with Crippen LogP contribution in [0.5, 0.6) is 5.75 Å². The second-order valence-electron chi connectivity index (χ2n) is 4.87. The Hall–Kier alpha value is -1.81. The topological polar surface area (TPSA) is 29.5 Å². The smallest absolute Gasteiger partial charge is 0.222 e. The van der Waals surface area contributed by atoms with Crippen LogP contribution in [-0.4, -0.2) is 24.5 Å². The number of thiophene rings is 1. The summed E-state index contributed by atoms with van der Waals surface area (Å²) < 4.78 is 5.59. The lowest BCUT2D eigenvalue weighted by molar-refractivity contribution is -0.130. The monoisotopic (exact) mass is 303 g/mol. The average molecular weight is 303 g/mol. The zero-order chi connectivity index (χ0) is 15.1. The van der Waals surface area contributed by atoms with Crippen molar-refractivity contribution in [3.05, 3.63) is 52.2 Å². The van der Waals surface area contributed by atoms with Crippen LogP contribution in [0.1, 0.15) is 23.8 Å². The molecule has 0 atom stereocenters. The van der Waals surface area contributed by atoms with Crippen LogP contribution in [-0.2, 0) is 17.8 Å². The van der Waals surface area contributed by atoms with Crippen molar-refractivity contribution in [2.45, 2.75) is 26.3 Å². The van der Waals surface area contributed by atoms with Crippen molar-refractivity contribution in [3.63, 3.8) is 0 Å². The number of benzene rings is 1. The lowest BCUT2D eigenvalue weighted by Gasteiger charge is -2.17. The van der Waals surface area contributed by atoms with Crippen molar-refractivity contribution in [1.82, 2.24) is 4.90 Å². The van der Waals surface area contributed by atoms with Crippen LogP contribution in [0.4, 0.5) is 0 Å². The number of carbonyl (C=O) groups excluding carboxylic acids is 1. The van der Waals surface area contributed by atoms with Crippen LogP contribution in [0.3, 0.4) is 0 Å². The van der Waals surface area contributed by atoms with Gasteiger partial charge in [0.2, 0.25) is 5.91 Å². The van der Waals surface area contributed by atoms with Gasteiger partial charge in [0.1, 0.15) is 5.75 Å². The molecule has 0 aliphatic heterocycles. The van der Waals surface area contributed by atoms with Crippen molar-refractivity contribution in [2.24, 2.45) is 0 Å². The Morgan fingerprint density at radius 2 is 2.05 bits per heavy atom. The van der Waals surface area contributed by atoms with Crippen molar-refractivity contribution >= 4 is 17.2 Å². The van der Waals surface area contributed by atoms with Crippen LogP contribution >= 0.6 is 11.3 Å². The third kappa shape index (κ3) is 4.60. The van der Waals surface area contributed by atoms with Crippen molar-refractivity contribution in [3.8, 4) is 5.75 Å². The summed E-state index contributed by atoms with van der Waals surface area (Å²) in [4.78, 5) is 15.2. The number of carbonyl (C=O) groups is 1. The van der Waals surface area contributed by atoms with Gasteiger partial charge in [-0.3, -0.25) is 4.79 Å². The van der Waals surface area contributed by atoms with Gasteiger partial charge in [0.05, 0.1) is 13.2 Å². The van der Waals surface area contributed by atoms with Crippen LogP contribution in [0, 0.1) is 0 Å². The van der Waals surface area contributed by atoms with Crippen LogP contribution < -0.4 is 4.74 Å². The Bertz CT molecular complexity index is 566. The number of amides is 1. The Morgan fingerprint density at radius 3 is 2.76 bits per heavy atom. The van der Waals surface area contributed by atoms with Crippen molar-refractivity contribution in [1.29, 1.82) is 0 Å². The number of para-hydroxylation sites is 1. The highest BCUT2D eigenvalue weighted by Gasteiger charge is 2.11. The van der Waals surface area contributed by atoms with E-state index < -0.39 is 0 Å². The highest BCUT2D eigenvalue weighted by molar-refractivity contribution is 7.09. The third-order valence-corrected chi connectivity index (χ3v) is 4.14. The molecular weight excluding hydrogens is 282 g/mol. The van der Waals surface area contributed by atoms with Gasteiger partial charge < -0.3 is 9.64 Å². The van der Waals surface area contributed by atoms with Crippen LogP contribution in [0.25, 0.3) is 0 Å². The Balaban J connectivity index is 1.88. The number of rotatable bonds is 7. The molecule has 0 aliphatic carbocycles. The van der Waals surface area contributed by atoms with E-state index in [4.69, 9.17) is 4.74 Å². The fourth-order valence-corrected chi connectivity index (χ4v) is 2.92. The minimum absolute atomic E-state index is 0.162. The van der Waals surface area contributed by atoms with Gasteiger partial charge in [-0.15, -0.1) is 11.3 Å². The fourth-order valence-electron chi connectivity index (χ4n) is 2.16. The first-order chi connectivity index (χ1) is 10.2. The number of hydrogen-bond acceptors (Lipinski definition) is 3. The number of hydrogen-bond donors (Lipinski definition) is 0. The second-order valence-corrected chi connectivity index (χ2v) is 5.90. The summed E-state index contributed by atoms with van der Waals surface area (Å²) in [6, 6.07) is 12.0. The molecule has 3 nitrogen and oxygen atoms in total. The summed E-state index contributed by atoms with van der Waals surface area (Å²) in [5.41, 5.74) is 1.09. The second kappa shape index (κ2) is 7.84. The Kier molecular flexibility index (Phi) is 5.81. The predicted octanol–water partition coefficient (Wildman–Crippen LogP) is 3.74. The molecule has 4 heteroatoms. The van der Waals surface area contributed by atoms with E-state index in [9.17, 15) is 4.79 Å². The molecular formula is C17H21NO2S. The number of nitrogens with zero attached hydrogens (tertiary/aromatic N) is 1. The highest BCUT2D eigenvalue weighted by atomic mass is 32.1. The minimum atomic E-state index is 0.162. The summed E-state index contributed by atoms with van der Waals surface area (Å²) in [5.74, 6) is 1.04. The highest BCUT2D eigenvalue weighted by Crippen LogP contribution is 2.20. The molecule has 0 radical (unpaired) electrons. The van der Waals surface area contributed by atoms with E-state index in [0.29, 0.717) is 26.0 Å². The van der Waals surface area contributed by atoms with Gasteiger partial charge in [0.15, 0.2) is 0 Å². The molecule has 0 bridgehead atoms. The largest absolute Gasteiger partial charge is 0.494 e. The van der Waals surface area contributed by atoms with E-state index in [-0.39, 0.29) is 5.91 Å². The van der Waals surface area contributed by atoms with E-state index >= 15 is 0 Å². The predicted molar refractivity (Wildman–Crippen MR) is 86.7 cm³/mol.